The van der Waals surface area contributed by atoms with Gasteiger partial charge in [0.05, 0.1) is 0 Å². The van der Waals surface area contributed by atoms with Crippen molar-refractivity contribution in [3.63, 3.8) is 0 Å². The average Bonchev–Trinajstić information content (AvgIpc) is 2.38. The first kappa shape index (κ1) is 14.4. The fraction of sp³-hybridized carbons (Fsp3) is 0.533. The maximum atomic E-state index is 10.5. The summed E-state index contributed by atoms with van der Waals surface area (Å²) in [5.41, 5.74) is 2.41. The Labute approximate surface area is 119 Å². The number of benzene rings is 1. The third-order valence-corrected chi connectivity index (χ3v) is 5.07. The minimum absolute atomic E-state index is 0.293. The van der Waals surface area contributed by atoms with Crippen molar-refractivity contribution in [1.29, 1.82) is 0 Å². The van der Waals surface area contributed by atoms with E-state index in [1.807, 2.05) is 30.1 Å². The van der Waals surface area contributed by atoms with E-state index in [4.69, 9.17) is 0 Å². The van der Waals surface area contributed by atoms with Crippen LogP contribution in [0.5, 0.6) is 0 Å². The number of nitrogens with one attached hydrogen (secondary N) is 1. The fourth-order valence-corrected chi connectivity index (χ4v) is 3.63. The smallest absolute Gasteiger partial charge is 0.211 e. The number of rotatable bonds is 5. The van der Waals surface area contributed by atoms with Crippen LogP contribution in [-0.4, -0.2) is 22.8 Å². The van der Waals surface area contributed by atoms with Gasteiger partial charge in [0.15, 0.2) is 0 Å². The molecule has 1 aromatic carbocycles. The molecule has 2 rings (SSSR count). The van der Waals surface area contributed by atoms with E-state index in [2.05, 4.69) is 29.5 Å². The lowest BCUT2D eigenvalue weighted by atomic mass is 9.93. The first-order valence-corrected chi connectivity index (χ1v) is 7.76. The summed E-state index contributed by atoms with van der Waals surface area (Å²) in [7, 11) is 0. The van der Waals surface area contributed by atoms with E-state index < -0.39 is 0 Å². The zero-order valence-electron chi connectivity index (χ0n) is 11.7. The molecular formula is C15H22N2OS. The van der Waals surface area contributed by atoms with Crippen LogP contribution in [0.25, 0.3) is 0 Å². The molecule has 104 valence electrons. The molecule has 1 aliphatic heterocycles. The van der Waals surface area contributed by atoms with Crippen molar-refractivity contribution in [3.05, 3.63) is 29.8 Å². The summed E-state index contributed by atoms with van der Waals surface area (Å²) in [6, 6.07) is 8.05. The summed E-state index contributed by atoms with van der Waals surface area (Å²) < 4.78 is 2.51. The van der Waals surface area contributed by atoms with Crippen molar-refractivity contribution >= 4 is 24.0 Å². The number of nitrogens with zero attached hydrogens (tertiary/aromatic N) is 1. The van der Waals surface area contributed by atoms with E-state index >= 15 is 0 Å². The quantitative estimate of drug-likeness (QED) is 0.659. The van der Waals surface area contributed by atoms with Gasteiger partial charge in [0.2, 0.25) is 6.41 Å². The summed E-state index contributed by atoms with van der Waals surface area (Å²) in [5, 5.41) is 2.70. The summed E-state index contributed by atoms with van der Waals surface area (Å²) in [6.07, 6.45) is 4.62. The average molecular weight is 278 g/mol. The van der Waals surface area contributed by atoms with Crippen molar-refractivity contribution in [2.24, 2.45) is 0 Å². The van der Waals surface area contributed by atoms with Crippen molar-refractivity contribution in [2.75, 3.05) is 11.9 Å². The van der Waals surface area contributed by atoms with Gasteiger partial charge >= 0.3 is 0 Å². The number of carbonyl (C=O) groups is 1. The zero-order chi connectivity index (χ0) is 13.7. The van der Waals surface area contributed by atoms with E-state index in [9.17, 15) is 4.79 Å². The minimum Gasteiger partial charge on any atom is -0.329 e. The summed E-state index contributed by atoms with van der Waals surface area (Å²) in [5.74, 6) is 0.956. The molecule has 1 heterocycles. The van der Waals surface area contributed by atoms with Gasteiger partial charge in [-0.15, -0.1) is 0 Å². The van der Waals surface area contributed by atoms with Gasteiger partial charge in [-0.05, 0) is 44.4 Å². The van der Waals surface area contributed by atoms with Crippen molar-refractivity contribution in [2.45, 2.75) is 44.4 Å². The topological polar surface area (TPSA) is 32.3 Å². The van der Waals surface area contributed by atoms with Gasteiger partial charge < -0.3 is 5.32 Å². The number of anilines is 1. The molecule has 0 radical (unpaired) electrons. The van der Waals surface area contributed by atoms with Crippen LogP contribution in [0.15, 0.2) is 24.3 Å². The van der Waals surface area contributed by atoms with Crippen LogP contribution in [0.3, 0.4) is 0 Å². The van der Waals surface area contributed by atoms with Crippen LogP contribution < -0.4 is 5.32 Å². The van der Waals surface area contributed by atoms with Crippen LogP contribution >= 0.6 is 11.9 Å². The predicted octanol–water partition coefficient (Wildman–Crippen LogP) is 3.67. The molecule has 1 fully saturated rings. The highest BCUT2D eigenvalue weighted by Gasteiger charge is 2.29. The number of carbonyl (C=O) groups excluding carboxylic acids is 1. The molecule has 1 amide bonds. The Bertz CT molecular complexity index is 434. The molecule has 19 heavy (non-hydrogen) atoms. The van der Waals surface area contributed by atoms with E-state index in [0.717, 1.165) is 17.9 Å². The molecule has 1 N–H and O–H groups in total. The van der Waals surface area contributed by atoms with Crippen LogP contribution in [-0.2, 0) is 10.5 Å². The third-order valence-electron chi connectivity index (χ3n) is 3.61. The van der Waals surface area contributed by atoms with Gasteiger partial charge in [0, 0.05) is 23.5 Å². The summed E-state index contributed by atoms with van der Waals surface area (Å²) in [6.45, 7) is 5.82. The van der Waals surface area contributed by atoms with Gasteiger partial charge in [-0.1, -0.05) is 30.5 Å². The predicted molar refractivity (Wildman–Crippen MR) is 82.1 cm³/mol. The van der Waals surface area contributed by atoms with Crippen molar-refractivity contribution in [3.8, 4) is 0 Å². The Balaban J connectivity index is 1.94. The Morgan fingerprint density at radius 3 is 3.00 bits per heavy atom. The summed E-state index contributed by atoms with van der Waals surface area (Å²) in [4.78, 5) is 10.5. The van der Waals surface area contributed by atoms with E-state index in [-0.39, 0.29) is 0 Å². The third kappa shape index (κ3) is 3.98. The maximum Gasteiger partial charge on any atom is 0.211 e. The van der Waals surface area contributed by atoms with Crippen molar-refractivity contribution in [1.82, 2.24) is 4.31 Å². The molecule has 0 unspecified atom stereocenters. The van der Waals surface area contributed by atoms with E-state index in [1.54, 1.807) is 0 Å². The lowest BCUT2D eigenvalue weighted by molar-refractivity contribution is -0.105. The second-order valence-corrected chi connectivity index (χ2v) is 6.60. The molecule has 1 saturated heterocycles. The second-order valence-electron chi connectivity index (χ2n) is 5.61. The molecular weight excluding hydrogens is 256 g/mol. The van der Waals surface area contributed by atoms with Crippen LogP contribution in [0.2, 0.25) is 0 Å². The van der Waals surface area contributed by atoms with E-state index in [1.165, 1.54) is 31.4 Å². The molecule has 1 aliphatic rings. The lowest BCUT2D eigenvalue weighted by Gasteiger charge is -2.41. The molecule has 0 aliphatic carbocycles. The Morgan fingerprint density at radius 2 is 2.26 bits per heavy atom. The Morgan fingerprint density at radius 1 is 1.42 bits per heavy atom. The van der Waals surface area contributed by atoms with Crippen molar-refractivity contribution < 1.29 is 4.79 Å². The van der Waals surface area contributed by atoms with Gasteiger partial charge in [-0.3, -0.25) is 4.79 Å². The molecule has 4 heteroatoms. The number of amides is 1. The molecule has 0 bridgehead atoms. The highest BCUT2D eigenvalue weighted by molar-refractivity contribution is 7.96. The maximum absolute atomic E-state index is 10.5. The SMILES string of the molecule is CC1(C)CCCCN1SCc1cccc(NC=O)c1. The molecule has 0 saturated carbocycles. The van der Waals surface area contributed by atoms with Crippen LogP contribution in [0, 0.1) is 0 Å². The lowest BCUT2D eigenvalue weighted by Crippen LogP contribution is -2.42. The Hall–Kier alpha value is -1.00. The highest BCUT2D eigenvalue weighted by Crippen LogP contribution is 2.34. The molecule has 0 spiro atoms. The number of piperidine rings is 1. The van der Waals surface area contributed by atoms with Crippen LogP contribution in [0.4, 0.5) is 5.69 Å². The standard InChI is InChI=1S/C15H22N2OS/c1-15(2)8-3-4-9-17(15)19-11-13-6-5-7-14(10-13)16-12-18/h5-7,10,12H,3-4,8-9,11H2,1-2H3,(H,16,18). The van der Waals surface area contributed by atoms with Crippen LogP contribution in [0.1, 0.15) is 38.7 Å². The minimum atomic E-state index is 0.293. The van der Waals surface area contributed by atoms with Gasteiger partial charge in [-0.25, -0.2) is 4.31 Å². The zero-order valence-corrected chi connectivity index (χ0v) is 12.5. The first-order chi connectivity index (χ1) is 9.12. The largest absolute Gasteiger partial charge is 0.329 e. The van der Waals surface area contributed by atoms with E-state index in [0.29, 0.717) is 5.54 Å². The number of hydrogen-bond donors (Lipinski definition) is 1. The Kier molecular flexibility index (Phi) is 4.88. The number of hydrogen-bond acceptors (Lipinski definition) is 3. The van der Waals surface area contributed by atoms with Gasteiger partial charge in [0.25, 0.3) is 0 Å². The molecule has 0 atom stereocenters. The van der Waals surface area contributed by atoms with Gasteiger partial charge in [0.1, 0.15) is 0 Å². The molecule has 0 aromatic heterocycles. The highest BCUT2D eigenvalue weighted by atomic mass is 32.2. The fourth-order valence-electron chi connectivity index (χ4n) is 2.45. The second kappa shape index (κ2) is 6.44. The molecule has 1 aromatic rings. The normalized spacial score (nSPS) is 19.1. The van der Waals surface area contributed by atoms with Gasteiger partial charge in [-0.2, -0.15) is 0 Å². The monoisotopic (exact) mass is 278 g/mol. The molecule has 3 nitrogen and oxygen atoms in total. The summed E-state index contributed by atoms with van der Waals surface area (Å²) >= 11 is 1.90. The first-order valence-electron chi connectivity index (χ1n) is 6.81.